The lowest BCUT2D eigenvalue weighted by molar-refractivity contribution is 0.0528. The first-order valence-electron chi connectivity index (χ1n) is 8.98. The van der Waals surface area contributed by atoms with Crippen molar-refractivity contribution in [1.82, 2.24) is 9.61 Å². The van der Waals surface area contributed by atoms with E-state index in [1.54, 1.807) is 30.2 Å². The minimum atomic E-state index is -1.18. The highest BCUT2D eigenvalue weighted by Crippen LogP contribution is 2.39. The van der Waals surface area contributed by atoms with E-state index in [4.69, 9.17) is 4.74 Å². The topological polar surface area (TPSA) is 46.8 Å². The first kappa shape index (κ1) is 18.3. The fourth-order valence-electron chi connectivity index (χ4n) is 3.65. The zero-order valence-electron chi connectivity index (χ0n) is 15.1. The third kappa shape index (κ3) is 3.19. The smallest absolute Gasteiger partial charge is 0.341 e. The molecule has 0 aliphatic carbocycles. The molecule has 1 aliphatic heterocycles. The van der Waals surface area contributed by atoms with E-state index in [0.717, 1.165) is 18.2 Å². The van der Waals surface area contributed by atoms with Gasteiger partial charge in [0, 0.05) is 30.4 Å². The number of nitrogens with zero attached hydrogens (tertiary/aromatic N) is 3. The van der Waals surface area contributed by atoms with Gasteiger partial charge in [0.1, 0.15) is 23.4 Å². The number of carbonyl (C=O) groups excluding carboxylic acids is 1. The van der Waals surface area contributed by atoms with Gasteiger partial charge in [0.05, 0.1) is 24.4 Å². The van der Waals surface area contributed by atoms with Crippen LogP contribution in [0.3, 0.4) is 0 Å². The van der Waals surface area contributed by atoms with Crippen molar-refractivity contribution in [2.24, 2.45) is 0 Å². The summed E-state index contributed by atoms with van der Waals surface area (Å²) in [5.41, 5.74) is 1.48. The Bertz CT molecular complexity index is 1040. The van der Waals surface area contributed by atoms with E-state index in [1.807, 2.05) is 0 Å². The summed E-state index contributed by atoms with van der Waals surface area (Å²) in [5, 5.41) is 4.12. The first-order chi connectivity index (χ1) is 13.5. The van der Waals surface area contributed by atoms with Crippen LogP contribution >= 0.6 is 0 Å². The van der Waals surface area contributed by atoms with Crippen molar-refractivity contribution in [2.45, 2.75) is 25.6 Å². The van der Waals surface area contributed by atoms with Crippen LogP contribution in [0.2, 0.25) is 0 Å². The highest BCUT2D eigenvalue weighted by molar-refractivity contribution is 5.97. The monoisotopic (exact) mass is 389 g/mol. The quantitative estimate of drug-likeness (QED) is 0.631. The first-order valence-corrected chi connectivity index (χ1v) is 8.98. The van der Waals surface area contributed by atoms with Crippen LogP contribution in [0.4, 0.5) is 18.9 Å². The Morgan fingerprint density at radius 1 is 1.29 bits per heavy atom. The number of esters is 1. The summed E-state index contributed by atoms with van der Waals surface area (Å²) >= 11 is 0. The van der Waals surface area contributed by atoms with Crippen LogP contribution in [0.1, 0.15) is 35.3 Å². The van der Waals surface area contributed by atoms with Gasteiger partial charge in [-0.25, -0.2) is 22.5 Å². The van der Waals surface area contributed by atoms with Crippen LogP contribution in [-0.2, 0) is 4.74 Å². The van der Waals surface area contributed by atoms with Crippen molar-refractivity contribution < 1.29 is 22.7 Å². The Morgan fingerprint density at radius 3 is 2.89 bits per heavy atom. The largest absolute Gasteiger partial charge is 0.462 e. The second-order valence-corrected chi connectivity index (χ2v) is 6.66. The van der Waals surface area contributed by atoms with Crippen LogP contribution in [-0.4, -0.2) is 34.9 Å². The molecule has 3 aromatic rings. The molecule has 5 nitrogen and oxygen atoms in total. The predicted octanol–water partition coefficient (Wildman–Crippen LogP) is 4.08. The molecule has 146 valence electrons. The minimum Gasteiger partial charge on any atom is -0.462 e. The maximum atomic E-state index is 14.3. The summed E-state index contributed by atoms with van der Waals surface area (Å²) in [7, 11) is 0. The highest BCUT2D eigenvalue weighted by Gasteiger charge is 2.35. The molecule has 4 rings (SSSR count). The van der Waals surface area contributed by atoms with Crippen LogP contribution in [0, 0.1) is 11.6 Å². The van der Waals surface area contributed by atoms with Gasteiger partial charge in [-0.2, -0.15) is 5.10 Å². The molecule has 0 spiro atoms. The van der Waals surface area contributed by atoms with Crippen molar-refractivity contribution in [3.8, 4) is 0 Å². The fraction of sp³-hybridized carbons (Fsp3) is 0.300. The average Bonchev–Trinajstić information content (AvgIpc) is 3.26. The SMILES string of the molecule is CCOC(=O)c1cnn2ccc(N3C[C@H](F)C[C@@H]3c3cc(F)ccc3F)cc12. The molecule has 0 saturated carbocycles. The maximum absolute atomic E-state index is 14.3. The number of benzene rings is 1. The molecular formula is C20H18F3N3O2. The van der Waals surface area contributed by atoms with Gasteiger partial charge in [-0.3, -0.25) is 0 Å². The van der Waals surface area contributed by atoms with E-state index in [2.05, 4.69) is 5.10 Å². The number of halogens is 3. The van der Waals surface area contributed by atoms with Crippen molar-refractivity contribution >= 4 is 17.2 Å². The van der Waals surface area contributed by atoms with Gasteiger partial charge in [0.15, 0.2) is 0 Å². The number of ether oxygens (including phenoxy) is 1. The summed E-state index contributed by atoms with van der Waals surface area (Å²) in [4.78, 5) is 13.8. The number of aromatic nitrogens is 2. The number of hydrogen-bond acceptors (Lipinski definition) is 4. The average molecular weight is 389 g/mol. The molecule has 3 heterocycles. The standard InChI is InChI=1S/C20H18F3N3O2/c1-2-28-20(27)16-10-24-26-6-5-14(9-19(16)26)25-11-13(22)8-18(25)15-7-12(21)3-4-17(15)23/h3-7,9-10,13,18H,2,8,11H2,1H3/t13-,18-/m1/s1. The number of carbonyl (C=O) groups is 1. The second-order valence-electron chi connectivity index (χ2n) is 6.66. The molecule has 0 radical (unpaired) electrons. The molecule has 2 atom stereocenters. The molecular weight excluding hydrogens is 371 g/mol. The lowest BCUT2D eigenvalue weighted by atomic mass is 10.0. The fourth-order valence-corrected chi connectivity index (χ4v) is 3.65. The summed E-state index contributed by atoms with van der Waals surface area (Å²) in [5.74, 6) is -1.66. The van der Waals surface area contributed by atoms with Crippen LogP contribution in [0.25, 0.3) is 5.52 Å². The van der Waals surface area contributed by atoms with Crippen molar-refractivity contribution in [1.29, 1.82) is 0 Å². The third-order valence-electron chi connectivity index (χ3n) is 4.90. The van der Waals surface area contributed by atoms with E-state index in [0.29, 0.717) is 11.2 Å². The zero-order valence-corrected chi connectivity index (χ0v) is 15.1. The van der Waals surface area contributed by atoms with Gasteiger partial charge in [-0.05, 0) is 37.3 Å². The Labute approximate surface area is 159 Å². The number of hydrogen-bond donors (Lipinski definition) is 0. The van der Waals surface area contributed by atoms with Gasteiger partial charge in [0.25, 0.3) is 0 Å². The Kier molecular flexibility index (Phi) is 4.70. The van der Waals surface area contributed by atoms with Crippen molar-refractivity contribution in [2.75, 3.05) is 18.1 Å². The molecule has 2 aromatic heterocycles. The molecule has 8 heteroatoms. The summed E-state index contributed by atoms with van der Waals surface area (Å²) in [6, 6.07) is 5.93. The molecule has 0 bridgehead atoms. The van der Waals surface area contributed by atoms with Gasteiger partial charge in [-0.1, -0.05) is 0 Å². The third-order valence-corrected chi connectivity index (χ3v) is 4.90. The van der Waals surface area contributed by atoms with Crippen molar-refractivity contribution in [3.63, 3.8) is 0 Å². The number of pyridine rings is 1. The lowest BCUT2D eigenvalue weighted by Gasteiger charge is -2.27. The predicted molar refractivity (Wildman–Crippen MR) is 97.1 cm³/mol. The molecule has 0 unspecified atom stereocenters. The Morgan fingerprint density at radius 2 is 2.11 bits per heavy atom. The number of alkyl halides is 1. The van der Waals surface area contributed by atoms with Crippen LogP contribution in [0.15, 0.2) is 42.7 Å². The summed E-state index contributed by atoms with van der Waals surface area (Å²) in [6.07, 6.45) is 1.91. The van der Waals surface area contributed by atoms with E-state index < -0.39 is 29.8 Å². The van der Waals surface area contributed by atoms with Crippen LogP contribution < -0.4 is 4.90 Å². The molecule has 0 amide bonds. The van der Waals surface area contributed by atoms with Crippen molar-refractivity contribution in [3.05, 3.63) is 65.5 Å². The van der Waals surface area contributed by atoms with E-state index in [-0.39, 0.29) is 30.7 Å². The van der Waals surface area contributed by atoms with Gasteiger partial charge >= 0.3 is 5.97 Å². The number of rotatable bonds is 4. The minimum absolute atomic E-state index is 0.0413. The normalized spacial score (nSPS) is 19.4. The highest BCUT2D eigenvalue weighted by atomic mass is 19.1. The lowest BCUT2D eigenvalue weighted by Crippen LogP contribution is -2.24. The van der Waals surface area contributed by atoms with Crippen LogP contribution in [0.5, 0.6) is 0 Å². The van der Waals surface area contributed by atoms with E-state index in [9.17, 15) is 18.0 Å². The summed E-state index contributed by atoms with van der Waals surface area (Å²) in [6.45, 7) is 1.98. The number of fused-ring (bicyclic) bond motifs is 1. The zero-order chi connectivity index (χ0) is 19.8. The molecule has 1 aliphatic rings. The summed E-state index contributed by atoms with van der Waals surface area (Å²) < 4.78 is 48.8. The molecule has 1 aromatic carbocycles. The molecule has 28 heavy (non-hydrogen) atoms. The van der Waals surface area contributed by atoms with Gasteiger partial charge in [-0.15, -0.1) is 0 Å². The number of anilines is 1. The van der Waals surface area contributed by atoms with Gasteiger partial charge < -0.3 is 9.64 Å². The Balaban J connectivity index is 1.76. The molecule has 1 saturated heterocycles. The van der Waals surface area contributed by atoms with Gasteiger partial charge in [0.2, 0.25) is 0 Å². The molecule has 0 N–H and O–H groups in total. The second kappa shape index (κ2) is 7.18. The maximum Gasteiger partial charge on any atom is 0.341 e. The molecule has 1 fully saturated rings. The Hall–Kier alpha value is -3.03. The van der Waals surface area contributed by atoms with E-state index >= 15 is 0 Å². The van der Waals surface area contributed by atoms with E-state index in [1.165, 1.54) is 10.7 Å².